The third-order valence-corrected chi connectivity index (χ3v) is 8.51. The molecule has 1 saturated heterocycles. The zero-order valence-corrected chi connectivity index (χ0v) is 23.9. The van der Waals surface area contributed by atoms with E-state index in [2.05, 4.69) is 10.3 Å². The number of carbonyl (C=O) groups excluding carboxylic acids is 3. The summed E-state index contributed by atoms with van der Waals surface area (Å²) < 4.78 is 19.3. The Morgan fingerprint density at radius 2 is 1.68 bits per heavy atom. The number of nitrogens with zero attached hydrogens (tertiary/aromatic N) is 2. The Labute approximate surface area is 253 Å². The SMILES string of the molecule is COc1ccc(C2c3[nH]c4ccccc4c3C[C@H]3C(=O)N(c4ccc(C(=O)NCCc5ccccc5F)cc4)C(=O)N23)cc1. The molecule has 0 aliphatic carbocycles. The summed E-state index contributed by atoms with van der Waals surface area (Å²) in [5, 5.41) is 3.83. The molecule has 4 aromatic carbocycles. The van der Waals surface area contributed by atoms with Gasteiger partial charge in [-0.2, -0.15) is 0 Å². The summed E-state index contributed by atoms with van der Waals surface area (Å²) in [6.45, 7) is 0.267. The lowest BCUT2D eigenvalue weighted by Crippen LogP contribution is -2.44. The van der Waals surface area contributed by atoms with Crippen LogP contribution in [0, 0.1) is 5.82 Å². The number of ether oxygens (including phenoxy) is 1. The third-order valence-electron chi connectivity index (χ3n) is 8.51. The van der Waals surface area contributed by atoms with Crippen molar-refractivity contribution in [3.05, 3.63) is 131 Å². The van der Waals surface area contributed by atoms with E-state index in [-0.39, 0.29) is 24.2 Å². The lowest BCUT2D eigenvalue weighted by molar-refractivity contribution is -0.120. The highest BCUT2D eigenvalue weighted by Crippen LogP contribution is 2.45. The van der Waals surface area contributed by atoms with E-state index >= 15 is 0 Å². The second-order valence-electron chi connectivity index (χ2n) is 11.0. The van der Waals surface area contributed by atoms with Crippen LogP contribution < -0.4 is 15.0 Å². The van der Waals surface area contributed by atoms with Crippen LogP contribution in [0.3, 0.4) is 0 Å². The Kier molecular flexibility index (Phi) is 6.85. The Balaban J connectivity index is 1.16. The summed E-state index contributed by atoms with van der Waals surface area (Å²) in [6.07, 6.45) is 0.743. The Morgan fingerprint density at radius 1 is 0.955 bits per heavy atom. The average molecular weight is 589 g/mol. The number of urea groups is 1. The van der Waals surface area contributed by atoms with Crippen LogP contribution in [-0.2, 0) is 17.6 Å². The molecule has 2 aliphatic heterocycles. The predicted molar refractivity (Wildman–Crippen MR) is 164 cm³/mol. The smallest absolute Gasteiger partial charge is 0.332 e. The lowest BCUT2D eigenvalue weighted by atomic mass is 9.89. The number of imide groups is 1. The molecule has 5 aromatic rings. The minimum absolute atomic E-state index is 0.267. The minimum atomic E-state index is -0.692. The molecule has 44 heavy (non-hydrogen) atoms. The number of aromatic amines is 1. The van der Waals surface area contributed by atoms with Crippen molar-refractivity contribution < 1.29 is 23.5 Å². The van der Waals surface area contributed by atoms with Crippen LogP contribution in [0.2, 0.25) is 0 Å². The van der Waals surface area contributed by atoms with E-state index in [1.807, 2.05) is 48.5 Å². The van der Waals surface area contributed by atoms with Crippen LogP contribution in [0.25, 0.3) is 10.9 Å². The van der Waals surface area contributed by atoms with Crippen LogP contribution in [0.15, 0.2) is 97.1 Å². The number of amides is 4. The van der Waals surface area contributed by atoms with Crippen molar-refractivity contribution in [1.82, 2.24) is 15.2 Å². The van der Waals surface area contributed by atoms with Gasteiger partial charge in [-0.1, -0.05) is 48.5 Å². The van der Waals surface area contributed by atoms with Gasteiger partial charge < -0.3 is 15.0 Å². The number of H-pyrrole nitrogens is 1. The normalized spacial score (nSPS) is 17.5. The highest BCUT2D eigenvalue weighted by atomic mass is 19.1. The molecule has 8 nitrogen and oxygen atoms in total. The van der Waals surface area contributed by atoms with E-state index in [1.54, 1.807) is 54.5 Å². The summed E-state index contributed by atoms with van der Waals surface area (Å²) in [7, 11) is 1.60. The van der Waals surface area contributed by atoms with Crippen molar-refractivity contribution in [2.45, 2.75) is 24.9 Å². The Hall–Kier alpha value is -5.44. The van der Waals surface area contributed by atoms with Gasteiger partial charge in [0.25, 0.3) is 11.8 Å². The largest absolute Gasteiger partial charge is 0.497 e. The molecule has 0 spiro atoms. The molecule has 7 rings (SSSR count). The first kappa shape index (κ1) is 27.4. The van der Waals surface area contributed by atoms with E-state index < -0.39 is 18.1 Å². The topological polar surface area (TPSA) is 94.7 Å². The maximum atomic E-state index is 14.1. The van der Waals surface area contributed by atoms with Crippen LogP contribution in [0.5, 0.6) is 5.75 Å². The maximum Gasteiger partial charge on any atom is 0.332 e. The van der Waals surface area contributed by atoms with Gasteiger partial charge in [-0.05, 0) is 71.6 Å². The second kappa shape index (κ2) is 11.0. The number of carbonyl (C=O) groups is 3. The van der Waals surface area contributed by atoms with Gasteiger partial charge in [-0.3, -0.25) is 14.5 Å². The number of fused-ring (bicyclic) bond motifs is 4. The molecule has 0 radical (unpaired) electrons. The summed E-state index contributed by atoms with van der Waals surface area (Å²) in [5.41, 5.74) is 5.00. The van der Waals surface area contributed by atoms with Crippen LogP contribution in [-0.4, -0.2) is 47.4 Å². The van der Waals surface area contributed by atoms with Gasteiger partial charge in [0.15, 0.2) is 0 Å². The molecule has 4 amide bonds. The van der Waals surface area contributed by atoms with Crippen molar-refractivity contribution in [3.8, 4) is 5.75 Å². The molecule has 2 N–H and O–H groups in total. The van der Waals surface area contributed by atoms with Crippen LogP contribution >= 0.6 is 0 Å². The Morgan fingerprint density at radius 3 is 2.43 bits per heavy atom. The number of rotatable bonds is 7. The van der Waals surface area contributed by atoms with Crippen molar-refractivity contribution in [1.29, 1.82) is 0 Å². The fraction of sp³-hybridized carbons (Fsp3) is 0.171. The molecule has 0 saturated carbocycles. The number of anilines is 1. The van der Waals surface area contributed by atoms with Gasteiger partial charge in [0.1, 0.15) is 23.7 Å². The summed E-state index contributed by atoms with van der Waals surface area (Å²) in [4.78, 5) is 47.2. The van der Waals surface area contributed by atoms with Gasteiger partial charge in [0.2, 0.25) is 0 Å². The van der Waals surface area contributed by atoms with E-state index in [9.17, 15) is 18.8 Å². The van der Waals surface area contributed by atoms with Crippen molar-refractivity contribution in [2.24, 2.45) is 0 Å². The molecule has 220 valence electrons. The standard InChI is InChI=1S/C35H29FN4O4/c1-44-25-16-12-22(13-17-25)32-31-27(26-7-3-5-9-29(26)38-31)20-30-34(42)39(35(43)40(30)32)24-14-10-23(11-15-24)33(41)37-19-18-21-6-2-4-8-28(21)36/h2-17,30,32,38H,18-20H2,1H3,(H,37,41)/t30-,32?/m0/s1. The Bertz CT molecular complexity index is 1900. The van der Waals surface area contributed by atoms with E-state index in [4.69, 9.17) is 4.74 Å². The average Bonchev–Trinajstić information content (AvgIpc) is 3.55. The molecule has 9 heteroatoms. The molecule has 1 fully saturated rings. The molecule has 3 heterocycles. The summed E-state index contributed by atoms with van der Waals surface area (Å²) in [5.74, 6) is -0.252. The van der Waals surface area contributed by atoms with Crippen molar-refractivity contribution in [2.75, 3.05) is 18.6 Å². The predicted octanol–water partition coefficient (Wildman–Crippen LogP) is 5.77. The number of nitrogens with one attached hydrogen (secondary N) is 2. The second-order valence-corrected chi connectivity index (χ2v) is 11.0. The van der Waals surface area contributed by atoms with Gasteiger partial charge >= 0.3 is 6.03 Å². The molecule has 2 atom stereocenters. The zero-order chi connectivity index (χ0) is 30.4. The van der Waals surface area contributed by atoms with E-state index in [0.29, 0.717) is 35.4 Å². The van der Waals surface area contributed by atoms with E-state index in [1.165, 1.54) is 11.0 Å². The fourth-order valence-electron chi connectivity index (χ4n) is 6.32. The van der Waals surface area contributed by atoms with E-state index in [0.717, 1.165) is 27.7 Å². The molecule has 1 aromatic heterocycles. The molecule has 1 unspecified atom stereocenters. The van der Waals surface area contributed by atoms with Gasteiger partial charge in [-0.15, -0.1) is 0 Å². The molecular weight excluding hydrogens is 559 g/mol. The fourth-order valence-corrected chi connectivity index (χ4v) is 6.32. The summed E-state index contributed by atoms with van der Waals surface area (Å²) >= 11 is 0. The van der Waals surface area contributed by atoms with Crippen LogP contribution in [0.4, 0.5) is 14.9 Å². The number of benzene rings is 4. The number of halogens is 1. The molecule has 0 bridgehead atoms. The van der Waals surface area contributed by atoms with Gasteiger partial charge in [0, 0.05) is 35.1 Å². The van der Waals surface area contributed by atoms with Crippen molar-refractivity contribution >= 4 is 34.4 Å². The molecular formula is C35H29FN4O4. The third kappa shape index (κ3) is 4.57. The highest BCUT2D eigenvalue weighted by molar-refractivity contribution is 6.22. The van der Waals surface area contributed by atoms with Crippen molar-refractivity contribution in [3.63, 3.8) is 0 Å². The number of para-hydroxylation sites is 1. The van der Waals surface area contributed by atoms with Gasteiger partial charge in [0.05, 0.1) is 12.8 Å². The zero-order valence-electron chi connectivity index (χ0n) is 23.9. The van der Waals surface area contributed by atoms with Crippen LogP contribution in [0.1, 0.15) is 38.8 Å². The first-order valence-corrected chi connectivity index (χ1v) is 14.5. The number of methoxy groups -OCH3 is 1. The van der Waals surface area contributed by atoms with Gasteiger partial charge in [-0.25, -0.2) is 14.1 Å². The monoisotopic (exact) mass is 588 g/mol. The first-order valence-electron chi connectivity index (χ1n) is 14.5. The first-order chi connectivity index (χ1) is 21.4. The highest BCUT2D eigenvalue weighted by Gasteiger charge is 2.53. The summed E-state index contributed by atoms with van der Waals surface area (Å²) in [6, 6.07) is 26.7. The number of aromatic nitrogens is 1. The lowest BCUT2D eigenvalue weighted by Gasteiger charge is -2.36. The minimum Gasteiger partial charge on any atom is -0.497 e. The number of hydrogen-bond acceptors (Lipinski definition) is 4. The molecule has 2 aliphatic rings. The quantitative estimate of drug-likeness (QED) is 0.236. The maximum absolute atomic E-state index is 14.1. The number of hydrogen-bond donors (Lipinski definition) is 2.